The zero-order valence-corrected chi connectivity index (χ0v) is 11.1. The van der Waals surface area contributed by atoms with E-state index in [4.69, 9.17) is 5.11 Å². The molecule has 0 aliphatic heterocycles. The Hall–Kier alpha value is -1.77. The van der Waals surface area contributed by atoms with Gasteiger partial charge in [0, 0.05) is 18.1 Å². The fourth-order valence-corrected chi connectivity index (χ4v) is 2.44. The van der Waals surface area contributed by atoms with E-state index in [1.165, 1.54) is 18.5 Å². The number of H-pyrrole nitrogens is 1. The molecule has 7 nitrogen and oxygen atoms in total. The molecule has 0 fully saturated rings. The minimum absolute atomic E-state index is 0.0647. The quantitative estimate of drug-likeness (QED) is 0.720. The monoisotopic (exact) mass is 282 g/mol. The molecule has 0 aliphatic rings. The third-order valence-electron chi connectivity index (χ3n) is 2.47. The van der Waals surface area contributed by atoms with Crippen molar-refractivity contribution in [3.8, 4) is 0 Å². The van der Waals surface area contributed by atoms with Crippen molar-refractivity contribution in [3.05, 3.63) is 41.7 Å². The van der Waals surface area contributed by atoms with Crippen LogP contribution >= 0.6 is 0 Å². The number of nitrogens with one attached hydrogen (secondary N) is 2. The van der Waals surface area contributed by atoms with Crippen LogP contribution in [0.1, 0.15) is 17.1 Å². The second-order valence-electron chi connectivity index (χ2n) is 3.99. The molecule has 3 N–H and O–H groups in total. The topological polar surface area (TPSA) is 108 Å². The van der Waals surface area contributed by atoms with Gasteiger partial charge in [-0.1, -0.05) is 0 Å². The minimum atomic E-state index is -3.62. The van der Waals surface area contributed by atoms with Gasteiger partial charge in [-0.05, 0) is 13.0 Å². The molecular weight excluding hydrogens is 268 g/mol. The van der Waals surface area contributed by atoms with E-state index in [2.05, 4.69) is 19.7 Å². The smallest absolute Gasteiger partial charge is 0.242 e. The van der Waals surface area contributed by atoms with Crippen LogP contribution in [-0.4, -0.2) is 28.5 Å². The number of nitrogens with zero attached hydrogens (tertiary/aromatic N) is 2. The van der Waals surface area contributed by atoms with Crippen molar-refractivity contribution in [3.63, 3.8) is 0 Å². The maximum atomic E-state index is 11.9. The van der Waals surface area contributed by atoms with Crippen LogP contribution in [0.5, 0.6) is 0 Å². The van der Waals surface area contributed by atoms with E-state index in [1.807, 2.05) is 0 Å². The summed E-state index contributed by atoms with van der Waals surface area (Å²) in [4.78, 5) is 10.8. The summed E-state index contributed by atoms with van der Waals surface area (Å²) < 4.78 is 26.3. The maximum absolute atomic E-state index is 11.9. The first-order valence-corrected chi connectivity index (χ1v) is 7.05. The van der Waals surface area contributed by atoms with Gasteiger partial charge in [-0.3, -0.25) is 9.97 Å². The lowest BCUT2D eigenvalue weighted by atomic mass is 10.4. The molecular formula is C11H14N4O3S. The number of aromatic amines is 1. The predicted octanol–water partition coefficient (Wildman–Crippen LogP) is 0.0839. The summed E-state index contributed by atoms with van der Waals surface area (Å²) in [5, 5.41) is 8.89. The number of aliphatic hydroxyl groups is 1. The fourth-order valence-electron chi connectivity index (χ4n) is 1.43. The third-order valence-corrected chi connectivity index (χ3v) is 3.86. The number of rotatable bonds is 5. The number of aliphatic hydroxyl groups excluding tert-OH is 1. The molecule has 2 heterocycles. The molecule has 2 aromatic heterocycles. The average molecular weight is 282 g/mol. The molecule has 102 valence electrons. The van der Waals surface area contributed by atoms with Crippen LogP contribution in [0.4, 0.5) is 0 Å². The van der Waals surface area contributed by atoms with E-state index in [0.717, 1.165) is 5.69 Å². The largest absolute Gasteiger partial charge is 0.390 e. The Bertz CT molecular complexity index is 649. The Balaban J connectivity index is 2.07. The Kier molecular flexibility index (Phi) is 3.93. The highest BCUT2D eigenvalue weighted by atomic mass is 32.2. The normalized spacial score (nSPS) is 11.7. The molecule has 0 aliphatic carbocycles. The molecule has 8 heteroatoms. The van der Waals surface area contributed by atoms with Crippen molar-refractivity contribution in [2.45, 2.75) is 25.0 Å². The highest BCUT2D eigenvalue weighted by Crippen LogP contribution is 2.10. The molecule has 19 heavy (non-hydrogen) atoms. The first-order chi connectivity index (χ1) is 9.01. The minimum Gasteiger partial charge on any atom is -0.390 e. The molecule has 2 rings (SSSR count). The zero-order chi connectivity index (χ0) is 13.9. The summed E-state index contributed by atoms with van der Waals surface area (Å²) >= 11 is 0. The molecule has 0 saturated carbocycles. The van der Waals surface area contributed by atoms with Gasteiger partial charge in [0.15, 0.2) is 0 Å². The molecule has 0 bridgehead atoms. The molecule has 0 saturated heterocycles. The Labute approximate surface area is 110 Å². The van der Waals surface area contributed by atoms with Crippen LogP contribution in [0, 0.1) is 6.92 Å². The van der Waals surface area contributed by atoms with E-state index in [1.54, 1.807) is 13.1 Å². The summed E-state index contributed by atoms with van der Waals surface area (Å²) in [7, 11) is -3.62. The molecule has 0 radical (unpaired) electrons. The van der Waals surface area contributed by atoms with Crippen LogP contribution in [-0.2, 0) is 23.2 Å². The van der Waals surface area contributed by atoms with E-state index in [-0.39, 0.29) is 18.0 Å². The molecule has 2 aromatic rings. The van der Waals surface area contributed by atoms with Gasteiger partial charge in [-0.25, -0.2) is 13.1 Å². The summed E-state index contributed by atoms with van der Waals surface area (Å²) in [6.45, 7) is 1.63. The van der Waals surface area contributed by atoms with Gasteiger partial charge < -0.3 is 10.1 Å². The zero-order valence-electron chi connectivity index (χ0n) is 10.3. The number of sulfonamides is 1. The second kappa shape index (κ2) is 5.47. The lowest BCUT2D eigenvalue weighted by molar-refractivity contribution is 0.277. The van der Waals surface area contributed by atoms with E-state index in [9.17, 15) is 8.42 Å². The summed E-state index contributed by atoms with van der Waals surface area (Å²) in [6, 6.07) is 1.38. The number of aromatic nitrogens is 3. The first-order valence-electron chi connectivity index (χ1n) is 5.56. The lowest BCUT2D eigenvalue weighted by Gasteiger charge is -2.04. The van der Waals surface area contributed by atoms with Gasteiger partial charge in [0.2, 0.25) is 10.0 Å². The highest BCUT2D eigenvalue weighted by Gasteiger charge is 2.15. The van der Waals surface area contributed by atoms with Crippen molar-refractivity contribution in [1.82, 2.24) is 19.7 Å². The SMILES string of the molecule is Cc1cnc(CNS(=O)(=O)c2c[nH]c(CO)c2)cn1. The van der Waals surface area contributed by atoms with Crippen molar-refractivity contribution in [1.29, 1.82) is 0 Å². The Morgan fingerprint density at radius 1 is 1.37 bits per heavy atom. The molecule has 0 spiro atoms. The number of hydrogen-bond acceptors (Lipinski definition) is 5. The van der Waals surface area contributed by atoms with Crippen LogP contribution in [0.15, 0.2) is 29.6 Å². The van der Waals surface area contributed by atoms with E-state index >= 15 is 0 Å². The van der Waals surface area contributed by atoms with Gasteiger partial charge >= 0.3 is 0 Å². The molecule has 0 amide bonds. The van der Waals surface area contributed by atoms with Crippen LogP contribution in [0.2, 0.25) is 0 Å². The van der Waals surface area contributed by atoms with Crippen LogP contribution in [0.3, 0.4) is 0 Å². The van der Waals surface area contributed by atoms with Crippen LogP contribution < -0.4 is 4.72 Å². The van der Waals surface area contributed by atoms with Gasteiger partial charge in [0.05, 0.1) is 35.6 Å². The maximum Gasteiger partial charge on any atom is 0.242 e. The highest BCUT2D eigenvalue weighted by molar-refractivity contribution is 7.89. The Morgan fingerprint density at radius 2 is 2.16 bits per heavy atom. The average Bonchev–Trinajstić information content (AvgIpc) is 2.88. The second-order valence-corrected chi connectivity index (χ2v) is 5.76. The lowest BCUT2D eigenvalue weighted by Crippen LogP contribution is -2.23. The fraction of sp³-hybridized carbons (Fsp3) is 0.273. The summed E-state index contributed by atoms with van der Waals surface area (Å²) in [5.41, 5.74) is 1.74. The van der Waals surface area contributed by atoms with E-state index < -0.39 is 10.0 Å². The van der Waals surface area contributed by atoms with Crippen molar-refractivity contribution >= 4 is 10.0 Å². The van der Waals surface area contributed by atoms with Crippen molar-refractivity contribution in [2.75, 3.05) is 0 Å². The van der Waals surface area contributed by atoms with Crippen LogP contribution in [0.25, 0.3) is 0 Å². The van der Waals surface area contributed by atoms with Crippen molar-refractivity contribution in [2.24, 2.45) is 0 Å². The van der Waals surface area contributed by atoms with Crippen molar-refractivity contribution < 1.29 is 13.5 Å². The first kappa shape index (κ1) is 13.7. The van der Waals surface area contributed by atoms with Gasteiger partial charge in [-0.15, -0.1) is 0 Å². The summed E-state index contributed by atoms with van der Waals surface area (Å²) in [6.07, 6.45) is 4.42. The standard InChI is InChI=1S/C11H14N4O3S/c1-8-3-13-10(4-12-8)5-15-19(17,18)11-2-9(7-16)14-6-11/h2-4,6,14-16H,5,7H2,1H3. The third kappa shape index (κ3) is 3.37. The predicted molar refractivity (Wildman–Crippen MR) is 67.5 cm³/mol. The summed E-state index contributed by atoms with van der Waals surface area (Å²) in [5.74, 6) is 0. The molecule has 0 atom stereocenters. The van der Waals surface area contributed by atoms with Gasteiger partial charge in [0.25, 0.3) is 0 Å². The molecule has 0 aromatic carbocycles. The van der Waals surface area contributed by atoms with Gasteiger partial charge in [0.1, 0.15) is 0 Å². The van der Waals surface area contributed by atoms with E-state index in [0.29, 0.717) is 11.4 Å². The number of hydrogen-bond donors (Lipinski definition) is 3. The number of aryl methyl sites for hydroxylation is 1. The Morgan fingerprint density at radius 3 is 2.74 bits per heavy atom. The van der Waals surface area contributed by atoms with Gasteiger partial charge in [-0.2, -0.15) is 0 Å². The molecule has 0 unspecified atom stereocenters.